The zero-order chi connectivity index (χ0) is 6.36. The Hall–Kier alpha value is 0.720. The fourth-order valence-corrected chi connectivity index (χ4v) is 1.52. The molecule has 0 saturated heterocycles. The average Bonchev–Trinajstić information content (AvgIpc) is 2.13. The van der Waals surface area contributed by atoms with E-state index in [-0.39, 0.29) is 21.6 Å². The summed E-state index contributed by atoms with van der Waals surface area (Å²) in [6, 6.07) is 0. The SMILES string of the molecule is Cl.O=C(O)C1CC1(Br)Br. The molecule has 0 aliphatic heterocycles. The first-order valence-corrected chi connectivity index (χ1v) is 3.73. The molecular formula is C4H5Br2ClO2. The first-order valence-electron chi connectivity index (χ1n) is 2.14. The molecule has 1 fully saturated rings. The topological polar surface area (TPSA) is 37.3 Å². The molecule has 2 nitrogen and oxygen atoms in total. The number of carboxylic acids is 1. The Labute approximate surface area is 75.7 Å². The fourth-order valence-electron chi connectivity index (χ4n) is 0.481. The molecule has 1 saturated carbocycles. The van der Waals surface area contributed by atoms with Crippen molar-refractivity contribution in [3.05, 3.63) is 0 Å². The Morgan fingerprint density at radius 3 is 2.00 bits per heavy atom. The van der Waals surface area contributed by atoms with Crippen LogP contribution in [0.4, 0.5) is 0 Å². The standard InChI is InChI=1S/C4H4Br2O2.ClH/c5-4(6)1-2(4)3(7)8;/h2H,1H2,(H,7,8);1H. The van der Waals surface area contributed by atoms with Gasteiger partial charge in [-0.15, -0.1) is 12.4 Å². The van der Waals surface area contributed by atoms with Crippen LogP contribution in [-0.2, 0) is 4.79 Å². The van der Waals surface area contributed by atoms with E-state index < -0.39 is 5.97 Å². The molecule has 1 aliphatic rings. The summed E-state index contributed by atoms with van der Waals surface area (Å²) in [4.78, 5) is 10.1. The van der Waals surface area contributed by atoms with Crippen LogP contribution in [0.1, 0.15) is 6.42 Å². The minimum absolute atomic E-state index is 0. The quantitative estimate of drug-likeness (QED) is 0.746. The van der Waals surface area contributed by atoms with Gasteiger partial charge in [-0.3, -0.25) is 4.79 Å². The van der Waals surface area contributed by atoms with Crippen molar-refractivity contribution in [3.63, 3.8) is 0 Å². The maximum Gasteiger partial charge on any atom is 0.308 e. The summed E-state index contributed by atoms with van der Waals surface area (Å²) in [5.41, 5.74) is 0. The van der Waals surface area contributed by atoms with Gasteiger partial charge in [-0.05, 0) is 6.42 Å². The van der Waals surface area contributed by atoms with Gasteiger partial charge in [0.15, 0.2) is 0 Å². The van der Waals surface area contributed by atoms with E-state index >= 15 is 0 Å². The molecule has 1 aliphatic carbocycles. The van der Waals surface area contributed by atoms with Crippen LogP contribution in [0.25, 0.3) is 0 Å². The van der Waals surface area contributed by atoms with Crippen LogP contribution in [0.2, 0.25) is 0 Å². The van der Waals surface area contributed by atoms with Gasteiger partial charge in [-0.25, -0.2) is 0 Å². The number of aliphatic carboxylic acids is 1. The molecule has 54 valence electrons. The van der Waals surface area contributed by atoms with E-state index in [1.165, 1.54) is 0 Å². The molecule has 1 N–H and O–H groups in total. The van der Waals surface area contributed by atoms with Gasteiger partial charge in [0.25, 0.3) is 0 Å². The zero-order valence-corrected chi connectivity index (χ0v) is 8.29. The van der Waals surface area contributed by atoms with E-state index in [9.17, 15) is 4.79 Å². The molecule has 0 heterocycles. The molecule has 1 atom stereocenters. The largest absolute Gasteiger partial charge is 0.481 e. The summed E-state index contributed by atoms with van der Waals surface area (Å²) in [5, 5.41) is 8.33. The second-order valence-electron chi connectivity index (χ2n) is 1.86. The number of carbonyl (C=O) groups is 1. The second kappa shape index (κ2) is 2.76. The van der Waals surface area contributed by atoms with Gasteiger partial charge in [0.05, 0.1) is 9.15 Å². The van der Waals surface area contributed by atoms with Crippen LogP contribution in [-0.4, -0.2) is 14.3 Å². The Kier molecular flexibility index (Phi) is 2.98. The predicted molar refractivity (Wildman–Crippen MR) is 43.6 cm³/mol. The van der Waals surface area contributed by atoms with Crippen molar-refractivity contribution in [2.24, 2.45) is 5.92 Å². The van der Waals surface area contributed by atoms with Gasteiger partial charge >= 0.3 is 5.97 Å². The maximum absolute atomic E-state index is 10.1. The Morgan fingerprint density at radius 2 is 2.00 bits per heavy atom. The lowest BCUT2D eigenvalue weighted by atomic mass is 10.5. The van der Waals surface area contributed by atoms with Gasteiger partial charge in [0, 0.05) is 0 Å². The first-order chi connectivity index (χ1) is 3.54. The van der Waals surface area contributed by atoms with Crippen molar-refractivity contribution in [1.82, 2.24) is 0 Å². The van der Waals surface area contributed by atoms with Crippen molar-refractivity contribution in [3.8, 4) is 0 Å². The van der Waals surface area contributed by atoms with Gasteiger partial charge in [-0.2, -0.15) is 0 Å². The van der Waals surface area contributed by atoms with Crippen LogP contribution < -0.4 is 0 Å². The molecule has 1 rings (SSSR count). The van der Waals surface area contributed by atoms with Crippen molar-refractivity contribution in [2.45, 2.75) is 9.65 Å². The summed E-state index contributed by atoms with van der Waals surface area (Å²) in [7, 11) is 0. The Balaban J connectivity index is 0.000000640. The van der Waals surface area contributed by atoms with E-state index in [0.717, 1.165) is 0 Å². The lowest BCUT2D eigenvalue weighted by Gasteiger charge is -1.89. The fraction of sp³-hybridized carbons (Fsp3) is 0.750. The third-order valence-corrected chi connectivity index (χ3v) is 2.88. The molecule has 9 heavy (non-hydrogen) atoms. The normalized spacial score (nSPS) is 28.4. The molecule has 0 spiro atoms. The van der Waals surface area contributed by atoms with Crippen molar-refractivity contribution in [2.75, 3.05) is 0 Å². The molecule has 0 aromatic carbocycles. The highest BCUT2D eigenvalue weighted by atomic mass is 79.9. The summed E-state index contributed by atoms with van der Waals surface area (Å²) < 4.78 is -0.286. The number of carboxylic acid groups (broad SMARTS) is 1. The molecule has 0 radical (unpaired) electrons. The highest BCUT2D eigenvalue weighted by Crippen LogP contribution is 2.56. The van der Waals surface area contributed by atoms with E-state index in [2.05, 4.69) is 31.9 Å². The molecular weight excluding hydrogens is 275 g/mol. The van der Waals surface area contributed by atoms with Crippen molar-refractivity contribution < 1.29 is 9.90 Å². The van der Waals surface area contributed by atoms with Crippen molar-refractivity contribution >= 4 is 50.2 Å². The first kappa shape index (κ1) is 9.72. The van der Waals surface area contributed by atoms with Gasteiger partial charge in [0.2, 0.25) is 0 Å². The number of alkyl halides is 2. The molecule has 0 aromatic rings. The van der Waals surface area contributed by atoms with Crippen LogP contribution in [0, 0.1) is 5.92 Å². The lowest BCUT2D eigenvalue weighted by Crippen LogP contribution is -2.02. The molecule has 5 heteroatoms. The minimum Gasteiger partial charge on any atom is -0.481 e. The van der Waals surface area contributed by atoms with E-state index in [4.69, 9.17) is 5.11 Å². The summed E-state index contributed by atoms with van der Waals surface area (Å²) >= 11 is 6.38. The zero-order valence-electron chi connectivity index (χ0n) is 4.30. The van der Waals surface area contributed by atoms with Gasteiger partial charge in [0.1, 0.15) is 0 Å². The average molecular weight is 280 g/mol. The summed E-state index contributed by atoms with van der Waals surface area (Å²) in [6.45, 7) is 0. The van der Waals surface area contributed by atoms with Gasteiger partial charge < -0.3 is 5.11 Å². The minimum atomic E-state index is -0.737. The van der Waals surface area contributed by atoms with Crippen LogP contribution in [0.15, 0.2) is 0 Å². The lowest BCUT2D eigenvalue weighted by molar-refractivity contribution is -0.138. The maximum atomic E-state index is 10.1. The predicted octanol–water partition coefficient (Wildman–Crippen LogP) is 2.00. The monoisotopic (exact) mass is 278 g/mol. The van der Waals surface area contributed by atoms with Gasteiger partial charge in [-0.1, -0.05) is 31.9 Å². The molecule has 0 amide bonds. The van der Waals surface area contributed by atoms with E-state index in [0.29, 0.717) is 6.42 Å². The van der Waals surface area contributed by atoms with Crippen LogP contribution in [0.5, 0.6) is 0 Å². The third-order valence-electron chi connectivity index (χ3n) is 1.12. The molecule has 1 unspecified atom stereocenters. The third kappa shape index (κ3) is 2.09. The second-order valence-corrected chi connectivity index (χ2v) is 5.75. The number of rotatable bonds is 1. The van der Waals surface area contributed by atoms with Crippen LogP contribution in [0.3, 0.4) is 0 Å². The number of halogens is 3. The van der Waals surface area contributed by atoms with E-state index in [1.807, 2.05) is 0 Å². The molecule has 0 aromatic heterocycles. The number of hydrogen-bond acceptors (Lipinski definition) is 1. The summed E-state index contributed by atoms with van der Waals surface area (Å²) in [6.07, 6.45) is 0.683. The van der Waals surface area contributed by atoms with Crippen LogP contribution >= 0.6 is 44.3 Å². The smallest absolute Gasteiger partial charge is 0.308 e. The van der Waals surface area contributed by atoms with Crippen molar-refractivity contribution in [1.29, 1.82) is 0 Å². The highest BCUT2D eigenvalue weighted by Gasteiger charge is 2.55. The van der Waals surface area contributed by atoms with E-state index in [1.54, 1.807) is 0 Å². The number of hydrogen-bond donors (Lipinski definition) is 1. The highest BCUT2D eigenvalue weighted by molar-refractivity contribution is 9.25. The Morgan fingerprint density at radius 1 is 1.67 bits per heavy atom. The Bertz CT molecular complexity index is 137. The summed E-state index contributed by atoms with van der Waals surface area (Å²) in [5.74, 6) is -0.971. The molecule has 0 bridgehead atoms.